The molecule has 0 N–H and O–H groups in total. The highest BCUT2D eigenvalue weighted by Crippen LogP contribution is 2.42. The molecule has 0 heterocycles. The summed E-state index contributed by atoms with van der Waals surface area (Å²) >= 11 is 0. The molecule has 0 amide bonds. The van der Waals surface area contributed by atoms with Crippen molar-refractivity contribution in [2.24, 2.45) is 5.92 Å². The Morgan fingerprint density at radius 1 is 1.30 bits per heavy atom. The molecule has 1 aromatic carbocycles. The summed E-state index contributed by atoms with van der Waals surface area (Å²) < 4.78 is 5.26. The van der Waals surface area contributed by atoms with Crippen LogP contribution in [0.15, 0.2) is 12.1 Å². The zero-order valence-corrected chi connectivity index (χ0v) is 12.8. The van der Waals surface area contributed by atoms with Crippen LogP contribution in [0.2, 0.25) is 0 Å². The molecule has 0 unspecified atom stereocenters. The fourth-order valence-electron chi connectivity index (χ4n) is 3.13. The number of hydrogen-bond acceptors (Lipinski definition) is 3. The highest BCUT2D eigenvalue weighted by atomic mass is 16.5. The van der Waals surface area contributed by atoms with E-state index in [9.17, 15) is 9.59 Å². The van der Waals surface area contributed by atoms with Crippen molar-refractivity contribution >= 4 is 11.8 Å². The van der Waals surface area contributed by atoms with Crippen LogP contribution in [0.25, 0.3) is 0 Å². The minimum absolute atomic E-state index is 0.0359. The van der Waals surface area contributed by atoms with Gasteiger partial charge in [0.05, 0.1) is 0 Å². The summed E-state index contributed by atoms with van der Waals surface area (Å²) in [5, 5.41) is 0. The molecule has 0 saturated heterocycles. The maximum Gasteiger partial charge on any atom is 0.308 e. The molecule has 2 atom stereocenters. The Balaban J connectivity index is 2.55. The Morgan fingerprint density at radius 3 is 2.50 bits per heavy atom. The van der Waals surface area contributed by atoms with Gasteiger partial charge in [-0.15, -0.1) is 0 Å². The lowest BCUT2D eigenvalue weighted by Crippen LogP contribution is -2.26. The van der Waals surface area contributed by atoms with Gasteiger partial charge in [0.2, 0.25) is 0 Å². The third-order valence-electron chi connectivity index (χ3n) is 4.02. The van der Waals surface area contributed by atoms with Crippen LogP contribution >= 0.6 is 0 Å². The van der Waals surface area contributed by atoms with E-state index in [2.05, 4.69) is 20.8 Å². The summed E-state index contributed by atoms with van der Waals surface area (Å²) in [6, 6.07) is 3.96. The Bertz CT molecular complexity index is 558. The molecule has 1 aromatic rings. The van der Waals surface area contributed by atoms with Crippen LogP contribution in [0.3, 0.4) is 0 Å². The minimum atomic E-state index is -0.312. The summed E-state index contributed by atoms with van der Waals surface area (Å²) in [7, 11) is 0. The Kier molecular flexibility index (Phi) is 3.98. The standard InChI is InChI=1S/C17H22O3/c1-9(2)17-14-6-11(4)16(20-12(5)18)8-13(14)10(3)7-15(17)19/h6,8-10,17H,7H2,1-5H3/t10-,17+/m0/s1. The van der Waals surface area contributed by atoms with Gasteiger partial charge >= 0.3 is 5.97 Å². The number of hydrogen-bond donors (Lipinski definition) is 0. The number of carbonyl (C=O) groups is 2. The fraction of sp³-hybridized carbons (Fsp3) is 0.529. The molecule has 0 aliphatic heterocycles. The highest BCUT2D eigenvalue weighted by Gasteiger charge is 2.34. The number of esters is 1. The fourth-order valence-corrected chi connectivity index (χ4v) is 3.13. The van der Waals surface area contributed by atoms with Crippen molar-refractivity contribution in [3.8, 4) is 5.75 Å². The lowest BCUT2D eigenvalue weighted by Gasteiger charge is -2.32. The number of carbonyl (C=O) groups excluding carboxylic acids is 2. The molecule has 1 aliphatic carbocycles. The average molecular weight is 274 g/mol. The van der Waals surface area contributed by atoms with Gasteiger partial charge < -0.3 is 4.74 Å². The van der Waals surface area contributed by atoms with Crippen LogP contribution < -0.4 is 4.74 Å². The summed E-state index contributed by atoms with van der Waals surface area (Å²) in [6.45, 7) is 9.54. The van der Waals surface area contributed by atoms with Gasteiger partial charge in [-0.2, -0.15) is 0 Å². The van der Waals surface area contributed by atoms with Gasteiger partial charge in [0.25, 0.3) is 0 Å². The van der Waals surface area contributed by atoms with E-state index in [-0.39, 0.29) is 23.7 Å². The second-order valence-corrected chi connectivity index (χ2v) is 6.13. The molecule has 0 bridgehead atoms. The summed E-state index contributed by atoms with van der Waals surface area (Å²) in [6.07, 6.45) is 0.568. The normalized spacial score (nSPS) is 21.8. The largest absolute Gasteiger partial charge is 0.426 e. The molecule has 0 saturated carbocycles. The molecule has 0 spiro atoms. The van der Waals surface area contributed by atoms with Gasteiger partial charge in [-0.25, -0.2) is 0 Å². The number of fused-ring (bicyclic) bond motifs is 1. The highest BCUT2D eigenvalue weighted by molar-refractivity contribution is 5.89. The SMILES string of the molecule is CC(=O)Oc1cc2c(cc1C)[C@@H](C(C)C)C(=O)C[C@@H]2C. The predicted octanol–water partition coefficient (Wildman–Crippen LogP) is 3.74. The van der Waals surface area contributed by atoms with Crippen LogP contribution in [-0.2, 0) is 9.59 Å². The van der Waals surface area contributed by atoms with Gasteiger partial charge in [0, 0.05) is 19.3 Å². The minimum Gasteiger partial charge on any atom is -0.426 e. The molecule has 2 rings (SSSR count). The number of benzene rings is 1. The van der Waals surface area contributed by atoms with Gasteiger partial charge in [-0.1, -0.05) is 26.8 Å². The number of rotatable bonds is 2. The number of ketones is 1. The van der Waals surface area contributed by atoms with Crippen molar-refractivity contribution in [1.29, 1.82) is 0 Å². The molecular formula is C17H22O3. The first-order valence-electron chi connectivity index (χ1n) is 7.16. The second kappa shape index (κ2) is 5.39. The van der Waals surface area contributed by atoms with E-state index >= 15 is 0 Å². The molecule has 108 valence electrons. The molecule has 3 heteroatoms. The number of Topliss-reactive ketones (excluding diaryl/α,β-unsaturated/α-hetero) is 1. The van der Waals surface area contributed by atoms with E-state index in [0.29, 0.717) is 18.0 Å². The monoisotopic (exact) mass is 274 g/mol. The van der Waals surface area contributed by atoms with Crippen molar-refractivity contribution in [2.45, 2.75) is 52.9 Å². The molecule has 0 radical (unpaired) electrons. The molecular weight excluding hydrogens is 252 g/mol. The quantitative estimate of drug-likeness (QED) is 0.609. The van der Waals surface area contributed by atoms with Crippen LogP contribution in [0.4, 0.5) is 0 Å². The molecule has 0 aromatic heterocycles. The van der Waals surface area contributed by atoms with Crippen LogP contribution in [-0.4, -0.2) is 11.8 Å². The van der Waals surface area contributed by atoms with Gasteiger partial charge in [0.15, 0.2) is 0 Å². The van der Waals surface area contributed by atoms with E-state index in [1.165, 1.54) is 6.92 Å². The van der Waals surface area contributed by atoms with E-state index in [4.69, 9.17) is 4.74 Å². The number of aryl methyl sites for hydroxylation is 1. The first-order valence-corrected chi connectivity index (χ1v) is 7.16. The molecule has 0 fully saturated rings. The summed E-state index contributed by atoms with van der Waals surface area (Å²) in [5.74, 6) is 1.05. The predicted molar refractivity (Wildman–Crippen MR) is 78.1 cm³/mol. The van der Waals surface area contributed by atoms with Crippen molar-refractivity contribution in [2.75, 3.05) is 0 Å². The average Bonchev–Trinajstić information content (AvgIpc) is 2.30. The van der Waals surface area contributed by atoms with E-state index in [1.807, 2.05) is 19.1 Å². The zero-order valence-electron chi connectivity index (χ0n) is 12.8. The third-order valence-corrected chi connectivity index (χ3v) is 4.02. The Labute approximate surface area is 120 Å². The first-order chi connectivity index (χ1) is 9.31. The van der Waals surface area contributed by atoms with Crippen LogP contribution in [0, 0.1) is 12.8 Å². The zero-order chi connectivity index (χ0) is 15.0. The van der Waals surface area contributed by atoms with E-state index < -0.39 is 0 Å². The van der Waals surface area contributed by atoms with Crippen molar-refractivity contribution < 1.29 is 14.3 Å². The van der Waals surface area contributed by atoms with E-state index in [1.54, 1.807) is 0 Å². The van der Waals surface area contributed by atoms with Crippen molar-refractivity contribution in [3.63, 3.8) is 0 Å². The first kappa shape index (κ1) is 14.8. The van der Waals surface area contributed by atoms with E-state index in [0.717, 1.165) is 16.7 Å². The van der Waals surface area contributed by atoms with Crippen molar-refractivity contribution in [1.82, 2.24) is 0 Å². The lowest BCUT2D eigenvalue weighted by molar-refractivity contribution is -0.132. The Hall–Kier alpha value is -1.64. The smallest absolute Gasteiger partial charge is 0.308 e. The van der Waals surface area contributed by atoms with Gasteiger partial charge in [0.1, 0.15) is 11.5 Å². The lowest BCUT2D eigenvalue weighted by atomic mass is 9.72. The molecule has 20 heavy (non-hydrogen) atoms. The van der Waals surface area contributed by atoms with Gasteiger partial charge in [-0.3, -0.25) is 9.59 Å². The van der Waals surface area contributed by atoms with Gasteiger partial charge in [-0.05, 0) is 41.5 Å². The summed E-state index contributed by atoms with van der Waals surface area (Å²) in [5.41, 5.74) is 3.16. The number of ether oxygens (including phenoxy) is 1. The molecule has 1 aliphatic rings. The summed E-state index contributed by atoms with van der Waals surface area (Å²) in [4.78, 5) is 23.5. The van der Waals surface area contributed by atoms with Crippen LogP contribution in [0.5, 0.6) is 5.75 Å². The maximum atomic E-state index is 12.3. The van der Waals surface area contributed by atoms with Crippen LogP contribution in [0.1, 0.15) is 62.6 Å². The van der Waals surface area contributed by atoms with Crippen molar-refractivity contribution in [3.05, 3.63) is 28.8 Å². The molecule has 3 nitrogen and oxygen atoms in total. The Morgan fingerprint density at radius 2 is 1.95 bits per heavy atom. The maximum absolute atomic E-state index is 12.3. The third kappa shape index (κ3) is 2.62. The second-order valence-electron chi connectivity index (χ2n) is 6.13. The topological polar surface area (TPSA) is 43.4 Å².